The van der Waals surface area contributed by atoms with E-state index in [-0.39, 0.29) is 0 Å². The van der Waals surface area contributed by atoms with Gasteiger partial charge in [-0.2, -0.15) is 0 Å². The van der Waals surface area contributed by atoms with E-state index in [1.54, 1.807) is 24.8 Å². The topological polar surface area (TPSA) is 44.2 Å². The third kappa shape index (κ3) is 6.62. The van der Waals surface area contributed by atoms with Crippen LogP contribution in [0, 0.1) is 0 Å². The van der Waals surface area contributed by atoms with Gasteiger partial charge in [0, 0.05) is 24.8 Å². The molecule has 2 heterocycles. The molecule has 0 unspecified atom stereocenters. The van der Waals surface area contributed by atoms with Crippen LogP contribution in [0.15, 0.2) is 158 Å². The van der Waals surface area contributed by atoms with Gasteiger partial charge >= 0.3 is 0 Å². The first-order valence-electron chi connectivity index (χ1n) is 13.9. The molecule has 0 saturated heterocycles. The Morgan fingerprint density at radius 3 is 1.07 bits per heavy atom. The molecular formula is C38H30N2O2. The minimum Gasteiger partial charge on any atom is -0.489 e. The van der Waals surface area contributed by atoms with Crippen molar-refractivity contribution in [2.24, 2.45) is 0 Å². The Morgan fingerprint density at radius 1 is 0.381 bits per heavy atom. The van der Waals surface area contributed by atoms with Crippen LogP contribution in [0.2, 0.25) is 0 Å². The Bertz CT molecular complexity index is 1590. The number of hydrogen-bond acceptors (Lipinski definition) is 4. The van der Waals surface area contributed by atoms with Gasteiger partial charge in [-0.1, -0.05) is 84.9 Å². The summed E-state index contributed by atoms with van der Waals surface area (Å²) >= 11 is 0. The van der Waals surface area contributed by atoms with E-state index in [0.29, 0.717) is 13.2 Å². The lowest BCUT2D eigenvalue weighted by atomic mass is 9.86. The minimum absolute atomic E-state index is 0.494. The summed E-state index contributed by atoms with van der Waals surface area (Å²) in [6.07, 6.45) is 7.12. The number of nitrogens with zero attached hydrogens (tertiary/aromatic N) is 2. The molecular weight excluding hydrogens is 516 g/mol. The van der Waals surface area contributed by atoms with E-state index in [9.17, 15) is 0 Å². The Kier molecular flexibility index (Phi) is 8.43. The summed E-state index contributed by atoms with van der Waals surface area (Å²) in [5.41, 5.74) is 8.95. The van der Waals surface area contributed by atoms with Crippen LogP contribution in [-0.4, -0.2) is 9.97 Å². The highest BCUT2D eigenvalue weighted by Crippen LogP contribution is 2.38. The van der Waals surface area contributed by atoms with Crippen molar-refractivity contribution >= 4 is 11.1 Å². The van der Waals surface area contributed by atoms with Gasteiger partial charge in [0.25, 0.3) is 0 Å². The average molecular weight is 547 g/mol. The van der Waals surface area contributed by atoms with Gasteiger partial charge < -0.3 is 9.47 Å². The molecule has 42 heavy (non-hydrogen) atoms. The third-order valence-electron chi connectivity index (χ3n) is 6.97. The minimum atomic E-state index is 0.494. The molecule has 4 aromatic carbocycles. The predicted molar refractivity (Wildman–Crippen MR) is 168 cm³/mol. The zero-order valence-corrected chi connectivity index (χ0v) is 23.1. The fraction of sp³-hybridized carbons (Fsp3) is 0.0526. The average Bonchev–Trinajstić information content (AvgIpc) is 3.08. The van der Waals surface area contributed by atoms with Crippen LogP contribution in [-0.2, 0) is 13.2 Å². The van der Waals surface area contributed by atoms with E-state index in [1.807, 2.05) is 60.7 Å². The SMILES string of the molecule is c1ccc(/C(=C(\c2ccccc2)c2ccc(OCc3ccncc3)cc2)c2ccc(OCc3ccncc3)cc2)cc1. The molecule has 0 saturated carbocycles. The lowest BCUT2D eigenvalue weighted by Crippen LogP contribution is -1.99. The molecule has 0 atom stereocenters. The summed E-state index contributed by atoms with van der Waals surface area (Å²) in [6, 6.07) is 45.7. The number of ether oxygens (including phenoxy) is 2. The molecule has 0 aliphatic rings. The van der Waals surface area contributed by atoms with Crippen LogP contribution >= 0.6 is 0 Å². The van der Waals surface area contributed by atoms with Crippen molar-refractivity contribution in [3.63, 3.8) is 0 Å². The molecule has 0 N–H and O–H groups in total. The number of aromatic nitrogens is 2. The van der Waals surface area contributed by atoms with E-state index >= 15 is 0 Å². The van der Waals surface area contributed by atoms with Crippen molar-refractivity contribution < 1.29 is 9.47 Å². The van der Waals surface area contributed by atoms with Crippen LogP contribution in [0.3, 0.4) is 0 Å². The second kappa shape index (κ2) is 13.2. The van der Waals surface area contributed by atoms with Gasteiger partial charge in [-0.25, -0.2) is 0 Å². The molecule has 4 heteroatoms. The first-order valence-corrected chi connectivity index (χ1v) is 13.9. The van der Waals surface area contributed by atoms with Crippen molar-refractivity contribution in [3.8, 4) is 11.5 Å². The fourth-order valence-electron chi connectivity index (χ4n) is 4.85. The molecule has 0 fully saturated rings. The highest BCUT2D eigenvalue weighted by atomic mass is 16.5. The largest absolute Gasteiger partial charge is 0.489 e. The second-order valence-electron chi connectivity index (χ2n) is 9.82. The monoisotopic (exact) mass is 546 g/mol. The summed E-state index contributed by atoms with van der Waals surface area (Å²) in [4.78, 5) is 8.17. The number of benzene rings is 4. The molecule has 4 nitrogen and oxygen atoms in total. The highest BCUT2D eigenvalue weighted by molar-refractivity contribution is 6.04. The third-order valence-corrected chi connectivity index (χ3v) is 6.97. The maximum atomic E-state index is 6.07. The molecule has 0 spiro atoms. The van der Waals surface area contributed by atoms with Crippen LogP contribution < -0.4 is 9.47 Å². The molecule has 0 amide bonds. The van der Waals surface area contributed by atoms with Crippen LogP contribution in [0.25, 0.3) is 11.1 Å². The molecule has 6 rings (SSSR count). The highest BCUT2D eigenvalue weighted by Gasteiger charge is 2.16. The van der Waals surface area contributed by atoms with Crippen molar-refractivity contribution in [2.45, 2.75) is 13.2 Å². The van der Waals surface area contributed by atoms with Gasteiger partial charge in [-0.05, 0) is 93.1 Å². The van der Waals surface area contributed by atoms with Crippen molar-refractivity contribution in [1.29, 1.82) is 0 Å². The Labute approximate surface area is 246 Å². The van der Waals surface area contributed by atoms with E-state index in [2.05, 4.69) is 82.8 Å². The second-order valence-corrected chi connectivity index (χ2v) is 9.82. The van der Waals surface area contributed by atoms with Crippen molar-refractivity contribution in [2.75, 3.05) is 0 Å². The van der Waals surface area contributed by atoms with Gasteiger partial charge in [-0.3, -0.25) is 9.97 Å². The molecule has 0 aliphatic carbocycles. The standard InChI is InChI=1S/C38H30N2O2/c1-3-7-31(8-4-1)37(33-11-15-35(16-12-33)41-27-29-19-23-39-24-20-29)38(32-9-5-2-6-10-32)34-13-17-36(18-14-34)42-28-30-21-25-40-26-22-30/h1-26H,27-28H2/b38-37-. The number of rotatable bonds is 10. The summed E-state index contributed by atoms with van der Waals surface area (Å²) < 4.78 is 12.1. The lowest BCUT2D eigenvalue weighted by Gasteiger charge is -2.19. The Hall–Kier alpha value is -5.48. The quantitative estimate of drug-likeness (QED) is 0.161. The molecule has 6 aromatic rings. The van der Waals surface area contributed by atoms with Gasteiger partial charge in [0.2, 0.25) is 0 Å². The summed E-state index contributed by atoms with van der Waals surface area (Å²) in [5.74, 6) is 1.64. The molecule has 0 bridgehead atoms. The fourth-order valence-corrected chi connectivity index (χ4v) is 4.85. The Balaban J connectivity index is 1.37. The number of hydrogen-bond donors (Lipinski definition) is 0. The predicted octanol–water partition coefficient (Wildman–Crippen LogP) is 8.64. The van der Waals surface area contributed by atoms with E-state index in [0.717, 1.165) is 56.0 Å². The van der Waals surface area contributed by atoms with Crippen LogP contribution in [0.1, 0.15) is 33.4 Å². The van der Waals surface area contributed by atoms with Crippen LogP contribution in [0.4, 0.5) is 0 Å². The molecule has 0 aliphatic heterocycles. The maximum absolute atomic E-state index is 6.07. The first kappa shape index (κ1) is 26.7. The smallest absolute Gasteiger partial charge is 0.119 e. The van der Waals surface area contributed by atoms with Gasteiger partial charge in [0.15, 0.2) is 0 Å². The van der Waals surface area contributed by atoms with E-state index < -0.39 is 0 Å². The van der Waals surface area contributed by atoms with Gasteiger partial charge in [0.1, 0.15) is 24.7 Å². The van der Waals surface area contributed by atoms with Crippen molar-refractivity contribution in [1.82, 2.24) is 9.97 Å². The van der Waals surface area contributed by atoms with E-state index in [4.69, 9.17) is 9.47 Å². The lowest BCUT2D eigenvalue weighted by molar-refractivity contribution is 0.306. The van der Waals surface area contributed by atoms with Crippen LogP contribution in [0.5, 0.6) is 11.5 Å². The molecule has 0 radical (unpaired) electrons. The summed E-state index contributed by atoms with van der Waals surface area (Å²) in [7, 11) is 0. The van der Waals surface area contributed by atoms with E-state index in [1.165, 1.54) is 0 Å². The van der Waals surface area contributed by atoms with Gasteiger partial charge in [-0.15, -0.1) is 0 Å². The van der Waals surface area contributed by atoms with Crippen molar-refractivity contribution in [3.05, 3.63) is 192 Å². The zero-order chi connectivity index (χ0) is 28.4. The number of pyridine rings is 2. The Morgan fingerprint density at radius 2 is 0.714 bits per heavy atom. The maximum Gasteiger partial charge on any atom is 0.119 e. The normalized spacial score (nSPS) is 11.4. The molecule has 204 valence electrons. The zero-order valence-electron chi connectivity index (χ0n) is 23.1. The summed E-state index contributed by atoms with van der Waals surface area (Å²) in [5, 5.41) is 0. The van der Waals surface area contributed by atoms with Gasteiger partial charge in [0.05, 0.1) is 0 Å². The first-order chi connectivity index (χ1) is 20.8. The summed E-state index contributed by atoms with van der Waals surface area (Å²) in [6.45, 7) is 0.988. The molecule has 2 aromatic heterocycles.